The van der Waals surface area contributed by atoms with Crippen molar-refractivity contribution in [3.8, 4) is 0 Å². The molecule has 0 aromatic heterocycles. The van der Waals surface area contributed by atoms with Crippen molar-refractivity contribution in [3.05, 3.63) is 35.9 Å². The van der Waals surface area contributed by atoms with Crippen LogP contribution in [0.5, 0.6) is 0 Å². The number of rotatable bonds is 7. The summed E-state index contributed by atoms with van der Waals surface area (Å²) in [7, 11) is 0. The first-order valence-electron chi connectivity index (χ1n) is 8.09. The number of hydrogen-bond acceptors (Lipinski definition) is 1. The van der Waals surface area contributed by atoms with Crippen LogP contribution in [0.15, 0.2) is 30.3 Å². The minimum atomic E-state index is -0.114. The zero-order valence-electron chi connectivity index (χ0n) is 12.4. The number of hydrogen-bond donors (Lipinski definition) is 1. The van der Waals surface area contributed by atoms with Gasteiger partial charge in [0, 0.05) is 5.92 Å². The third kappa shape index (κ3) is 4.99. The molecule has 1 amide bonds. The first kappa shape index (κ1) is 15.1. The molecule has 1 saturated carbocycles. The predicted molar refractivity (Wildman–Crippen MR) is 83.3 cm³/mol. The van der Waals surface area contributed by atoms with Crippen LogP contribution in [0.1, 0.15) is 56.9 Å². The lowest BCUT2D eigenvalue weighted by molar-refractivity contribution is -0.122. The standard InChI is InChI=1S/C18H27NO/c19-18(20)17(13-11-15-7-3-1-4-8-15)14-12-16-9-5-2-6-10-16/h1,3-4,7-8,16-17H,2,5-6,9-14H2,(H2,19,20). The molecule has 2 N–H and O–H groups in total. The molecule has 0 bridgehead atoms. The van der Waals surface area contributed by atoms with Gasteiger partial charge in [0.1, 0.15) is 0 Å². The topological polar surface area (TPSA) is 43.1 Å². The second kappa shape index (κ2) is 8.08. The largest absolute Gasteiger partial charge is 0.369 e. The first-order valence-corrected chi connectivity index (χ1v) is 8.09. The molecule has 1 atom stereocenters. The van der Waals surface area contributed by atoms with Crippen molar-refractivity contribution in [1.29, 1.82) is 0 Å². The van der Waals surface area contributed by atoms with E-state index in [2.05, 4.69) is 24.3 Å². The van der Waals surface area contributed by atoms with Crippen molar-refractivity contribution < 1.29 is 4.79 Å². The summed E-state index contributed by atoms with van der Waals surface area (Å²) < 4.78 is 0. The van der Waals surface area contributed by atoms with Crippen LogP contribution in [0.3, 0.4) is 0 Å². The van der Waals surface area contributed by atoms with Gasteiger partial charge < -0.3 is 5.73 Å². The molecule has 1 aliphatic rings. The van der Waals surface area contributed by atoms with Crippen molar-refractivity contribution >= 4 is 5.91 Å². The van der Waals surface area contributed by atoms with Gasteiger partial charge in [-0.2, -0.15) is 0 Å². The summed E-state index contributed by atoms with van der Waals surface area (Å²) in [5.41, 5.74) is 6.88. The maximum atomic E-state index is 11.6. The summed E-state index contributed by atoms with van der Waals surface area (Å²) in [5.74, 6) is 0.774. The van der Waals surface area contributed by atoms with E-state index in [9.17, 15) is 4.79 Å². The molecule has 1 fully saturated rings. The van der Waals surface area contributed by atoms with Crippen LogP contribution in [-0.2, 0) is 11.2 Å². The van der Waals surface area contributed by atoms with E-state index >= 15 is 0 Å². The maximum absolute atomic E-state index is 11.6. The number of carbonyl (C=O) groups is 1. The summed E-state index contributed by atoms with van der Waals surface area (Å²) in [5, 5.41) is 0. The van der Waals surface area contributed by atoms with Gasteiger partial charge in [-0.05, 0) is 37.2 Å². The highest BCUT2D eigenvalue weighted by Gasteiger charge is 2.19. The Morgan fingerprint density at radius 1 is 1.10 bits per heavy atom. The number of primary amides is 1. The van der Waals surface area contributed by atoms with Gasteiger partial charge in [0.15, 0.2) is 0 Å². The molecule has 20 heavy (non-hydrogen) atoms. The number of nitrogens with two attached hydrogens (primary N) is 1. The van der Waals surface area contributed by atoms with Gasteiger partial charge in [-0.1, -0.05) is 62.4 Å². The Morgan fingerprint density at radius 3 is 2.45 bits per heavy atom. The lowest BCUT2D eigenvalue weighted by atomic mass is 9.83. The highest BCUT2D eigenvalue weighted by molar-refractivity contribution is 5.76. The molecular formula is C18H27NO. The number of benzene rings is 1. The molecule has 1 aromatic rings. The summed E-state index contributed by atoms with van der Waals surface area (Å²) in [6.07, 6.45) is 10.9. The molecule has 0 saturated heterocycles. The molecule has 2 rings (SSSR count). The second-order valence-electron chi connectivity index (χ2n) is 6.20. The summed E-state index contributed by atoms with van der Waals surface area (Å²) in [4.78, 5) is 11.6. The fourth-order valence-corrected chi connectivity index (χ4v) is 3.33. The van der Waals surface area contributed by atoms with Crippen LogP contribution in [0.25, 0.3) is 0 Å². The highest BCUT2D eigenvalue weighted by atomic mass is 16.1. The van der Waals surface area contributed by atoms with E-state index < -0.39 is 0 Å². The second-order valence-corrected chi connectivity index (χ2v) is 6.20. The van der Waals surface area contributed by atoms with Crippen molar-refractivity contribution in [2.75, 3.05) is 0 Å². The van der Waals surface area contributed by atoms with E-state index in [-0.39, 0.29) is 11.8 Å². The Labute approximate surface area is 122 Å². The van der Waals surface area contributed by atoms with Crippen molar-refractivity contribution in [3.63, 3.8) is 0 Å². The van der Waals surface area contributed by atoms with Crippen molar-refractivity contribution in [2.24, 2.45) is 17.6 Å². The molecule has 0 radical (unpaired) electrons. The zero-order chi connectivity index (χ0) is 14.2. The molecule has 2 heteroatoms. The Kier molecular flexibility index (Phi) is 6.10. The van der Waals surface area contributed by atoms with Gasteiger partial charge in [0.25, 0.3) is 0 Å². The number of carbonyl (C=O) groups excluding carboxylic acids is 1. The fraction of sp³-hybridized carbons (Fsp3) is 0.611. The van der Waals surface area contributed by atoms with E-state index in [1.54, 1.807) is 0 Å². The Bertz CT molecular complexity index is 395. The summed E-state index contributed by atoms with van der Waals surface area (Å²) in [6, 6.07) is 10.4. The molecule has 1 aromatic carbocycles. The van der Waals surface area contributed by atoms with Crippen LogP contribution < -0.4 is 5.73 Å². The quantitative estimate of drug-likeness (QED) is 0.799. The van der Waals surface area contributed by atoms with E-state index in [1.807, 2.05) is 6.07 Å². The molecule has 1 aliphatic carbocycles. The number of aryl methyl sites for hydroxylation is 1. The lowest BCUT2D eigenvalue weighted by Crippen LogP contribution is -2.24. The maximum Gasteiger partial charge on any atom is 0.220 e. The van der Waals surface area contributed by atoms with Crippen molar-refractivity contribution in [1.82, 2.24) is 0 Å². The van der Waals surface area contributed by atoms with Crippen LogP contribution in [0.4, 0.5) is 0 Å². The minimum Gasteiger partial charge on any atom is -0.369 e. The highest BCUT2D eigenvalue weighted by Crippen LogP contribution is 2.29. The third-order valence-electron chi connectivity index (χ3n) is 4.67. The Balaban J connectivity index is 1.76. The van der Waals surface area contributed by atoms with Crippen LogP contribution in [-0.4, -0.2) is 5.91 Å². The monoisotopic (exact) mass is 273 g/mol. The average molecular weight is 273 g/mol. The van der Waals surface area contributed by atoms with Gasteiger partial charge in [-0.3, -0.25) is 4.79 Å². The summed E-state index contributed by atoms with van der Waals surface area (Å²) in [6.45, 7) is 0. The van der Waals surface area contributed by atoms with Gasteiger partial charge in [-0.15, -0.1) is 0 Å². The molecule has 2 nitrogen and oxygen atoms in total. The number of amides is 1. The molecule has 0 spiro atoms. The third-order valence-corrected chi connectivity index (χ3v) is 4.67. The van der Waals surface area contributed by atoms with Gasteiger partial charge >= 0.3 is 0 Å². The summed E-state index contributed by atoms with van der Waals surface area (Å²) >= 11 is 0. The van der Waals surface area contributed by atoms with Gasteiger partial charge in [0.2, 0.25) is 5.91 Å². The van der Waals surface area contributed by atoms with E-state index in [0.29, 0.717) is 0 Å². The predicted octanol–water partition coefficient (Wildman–Crippen LogP) is 4.08. The van der Waals surface area contributed by atoms with E-state index in [0.717, 1.165) is 25.2 Å². The van der Waals surface area contributed by atoms with E-state index in [1.165, 1.54) is 44.1 Å². The SMILES string of the molecule is NC(=O)C(CCc1ccccc1)CCC1CCCCC1. The van der Waals surface area contributed by atoms with Crippen molar-refractivity contribution in [2.45, 2.75) is 57.8 Å². The van der Waals surface area contributed by atoms with Gasteiger partial charge in [-0.25, -0.2) is 0 Å². The smallest absolute Gasteiger partial charge is 0.220 e. The van der Waals surface area contributed by atoms with Crippen LogP contribution in [0.2, 0.25) is 0 Å². The normalized spacial score (nSPS) is 17.8. The Morgan fingerprint density at radius 2 is 1.80 bits per heavy atom. The van der Waals surface area contributed by atoms with Crippen LogP contribution in [0, 0.1) is 11.8 Å². The molecule has 0 aliphatic heterocycles. The minimum absolute atomic E-state index is 0.0529. The lowest BCUT2D eigenvalue weighted by Gasteiger charge is -2.23. The van der Waals surface area contributed by atoms with Gasteiger partial charge in [0.05, 0.1) is 0 Å². The molecule has 0 heterocycles. The van der Waals surface area contributed by atoms with Crippen LogP contribution >= 0.6 is 0 Å². The Hall–Kier alpha value is -1.31. The average Bonchev–Trinajstić information content (AvgIpc) is 2.49. The van der Waals surface area contributed by atoms with E-state index in [4.69, 9.17) is 5.73 Å². The zero-order valence-corrected chi connectivity index (χ0v) is 12.4. The molecular weight excluding hydrogens is 246 g/mol. The fourth-order valence-electron chi connectivity index (χ4n) is 3.33. The molecule has 1 unspecified atom stereocenters. The first-order chi connectivity index (χ1) is 9.75. The molecule has 110 valence electrons.